The highest BCUT2D eigenvalue weighted by atomic mass is 35.5. The molecule has 98 valence electrons. The molecule has 0 saturated carbocycles. The van der Waals surface area contributed by atoms with Gasteiger partial charge < -0.3 is 5.32 Å². The lowest BCUT2D eigenvalue weighted by Gasteiger charge is -2.08. The summed E-state index contributed by atoms with van der Waals surface area (Å²) in [5, 5.41) is 14.7. The van der Waals surface area contributed by atoms with Crippen LogP contribution in [0.1, 0.15) is 5.56 Å². The number of nitro benzene ring substituents is 1. The number of benzene rings is 2. The van der Waals surface area contributed by atoms with Crippen molar-refractivity contribution in [2.75, 3.05) is 5.32 Å². The fraction of sp³-hybridized carbons (Fsp3) is 0.0769. The molecule has 0 atom stereocenters. The molecule has 0 fully saturated rings. The second-order valence-corrected chi connectivity index (χ2v) is 4.72. The Labute approximate surface area is 120 Å². The first-order chi connectivity index (χ1) is 9.08. The van der Waals surface area contributed by atoms with E-state index in [2.05, 4.69) is 5.32 Å². The van der Waals surface area contributed by atoms with E-state index in [0.717, 1.165) is 5.56 Å². The molecule has 0 aliphatic rings. The summed E-state index contributed by atoms with van der Waals surface area (Å²) in [7, 11) is 0. The van der Waals surface area contributed by atoms with Crippen molar-refractivity contribution in [1.29, 1.82) is 0 Å². The maximum atomic E-state index is 11.0. The molecule has 0 heterocycles. The van der Waals surface area contributed by atoms with Gasteiger partial charge in [0.15, 0.2) is 0 Å². The number of nitrogens with one attached hydrogen (secondary N) is 1. The molecule has 0 bridgehead atoms. The van der Waals surface area contributed by atoms with E-state index in [1.54, 1.807) is 24.3 Å². The average molecular weight is 297 g/mol. The first-order valence-electron chi connectivity index (χ1n) is 5.49. The number of halogens is 2. The van der Waals surface area contributed by atoms with Gasteiger partial charge in [-0.05, 0) is 29.8 Å². The molecular formula is C13H10Cl2N2O2. The van der Waals surface area contributed by atoms with Gasteiger partial charge in [-0.3, -0.25) is 10.1 Å². The number of hydrogen-bond donors (Lipinski definition) is 1. The maximum Gasteiger partial charge on any atom is 0.310 e. The summed E-state index contributed by atoms with van der Waals surface area (Å²) >= 11 is 11.7. The van der Waals surface area contributed by atoms with Crippen molar-refractivity contribution in [2.45, 2.75) is 6.54 Å². The Morgan fingerprint density at radius 2 is 1.89 bits per heavy atom. The molecule has 0 unspecified atom stereocenters. The molecule has 4 nitrogen and oxygen atoms in total. The van der Waals surface area contributed by atoms with Crippen molar-refractivity contribution in [3.63, 3.8) is 0 Å². The number of nitro groups is 1. The van der Waals surface area contributed by atoms with Gasteiger partial charge >= 0.3 is 5.69 Å². The van der Waals surface area contributed by atoms with Crippen molar-refractivity contribution >= 4 is 34.6 Å². The third-order valence-electron chi connectivity index (χ3n) is 2.54. The van der Waals surface area contributed by atoms with Crippen LogP contribution in [0.3, 0.4) is 0 Å². The molecule has 0 amide bonds. The normalized spacial score (nSPS) is 10.2. The SMILES string of the molecule is O=[N+]([O-])c1c(Cl)cccc1NCc1cccc(Cl)c1. The Morgan fingerprint density at radius 3 is 2.58 bits per heavy atom. The summed E-state index contributed by atoms with van der Waals surface area (Å²) in [4.78, 5) is 10.5. The van der Waals surface area contributed by atoms with E-state index in [-0.39, 0.29) is 10.7 Å². The highest BCUT2D eigenvalue weighted by Gasteiger charge is 2.17. The van der Waals surface area contributed by atoms with E-state index < -0.39 is 4.92 Å². The smallest absolute Gasteiger partial charge is 0.310 e. The van der Waals surface area contributed by atoms with Crippen LogP contribution in [0, 0.1) is 10.1 Å². The predicted octanol–water partition coefficient (Wildman–Crippen LogP) is 4.51. The summed E-state index contributed by atoms with van der Waals surface area (Å²) in [6, 6.07) is 12.0. The van der Waals surface area contributed by atoms with Crippen molar-refractivity contribution in [3.05, 3.63) is 68.2 Å². The van der Waals surface area contributed by atoms with Crippen LogP contribution in [0.4, 0.5) is 11.4 Å². The van der Waals surface area contributed by atoms with E-state index in [1.165, 1.54) is 6.07 Å². The number of para-hydroxylation sites is 1. The number of hydrogen-bond acceptors (Lipinski definition) is 3. The molecule has 0 aliphatic carbocycles. The van der Waals surface area contributed by atoms with Gasteiger partial charge in [-0.25, -0.2) is 0 Å². The maximum absolute atomic E-state index is 11.0. The number of rotatable bonds is 4. The zero-order valence-corrected chi connectivity index (χ0v) is 11.3. The van der Waals surface area contributed by atoms with Gasteiger partial charge in [0.1, 0.15) is 10.7 Å². The van der Waals surface area contributed by atoms with Crippen LogP contribution >= 0.6 is 23.2 Å². The number of nitrogens with zero attached hydrogens (tertiary/aromatic N) is 1. The van der Waals surface area contributed by atoms with Crippen molar-refractivity contribution in [1.82, 2.24) is 0 Å². The Hall–Kier alpha value is -1.78. The van der Waals surface area contributed by atoms with E-state index >= 15 is 0 Å². The third-order valence-corrected chi connectivity index (χ3v) is 3.08. The lowest BCUT2D eigenvalue weighted by atomic mass is 10.2. The second kappa shape index (κ2) is 5.91. The molecule has 1 N–H and O–H groups in total. The summed E-state index contributed by atoms with van der Waals surface area (Å²) in [5.41, 5.74) is 1.20. The molecule has 0 radical (unpaired) electrons. The van der Waals surface area contributed by atoms with Gasteiger partial charge in [-0.2, -0.15) is 0 Å². The van der Waals surface area contributed by atoms with E-state index in [1.807, 2.05) is 12.1 Å². The first kappa shape index (κ1) is 13.6. The topological polar surface area (TPSA) is 55.2 Å². The largest absolute Gasteiger partial charge is 0.375 e. The molecular weight excluding hydrogens is 287 g/mol. The predicted molar refractivity (Wildman–Crippen MR) is 76.9 cm³/mol. The minimum Gasteiger partial charge on any atom is -0.375 e. The second-order valence-electron chi connectivity index (χ2n) is 3.88. The Balaban J connectivity index is 2.20. The molecule has 19 heavy (non-hydrogen) atoms. The van der Waals surface area contributed by atoms with E-state index in [0.29, 0.717) is 17.3 Å². The summed E-state index contributed by atoms with van der Waals surface area (Å²) in [6.07, 6.45) is 0. The van der Waals surface area contributed by atoms with Gasteiger partial charge in [-0.15, -0.1) is 0 Å². The zero-order chi connectivity index (χ0) is 13.8. The molecule has 2 rings (SSSR count). The van der Waals surface area contributed by atoms with Crippen LogP contribution in [0.5, 0.6) is 0 Å². The molecule has 0 saturated heterocycles. The number of anilines is 1. The van der Waals surface area contributed by atoms with Crippen molar-refractivity contribution < 1.29 is 4.92 Å². The Bertz CT molecular complexity index is 617. The van der Waals surface area contributed by atoms with Crippen molar-refractivity contribution in [3.8, 4) is 0 Å². The minimum absolute atomic E-state index is 0.112. The Kier molecular flexibility index (Phi) is 4.24. The molecule has 0 aliphatic heterocycles. The van der Waals surface area contributed by atoms with E-state index in [9.17, 15) is 10.1 Å². The van der Waals surface area contributed by atoms with Crippen LogP contribution in [0.25, 0.3) is 0 Å². The lowest BCUT2D eigenvalue weighted by Crippen LogP contribution is -2.03. The summed E-state index contributed by atoms with van der Waals surface area (Å²) in [5.74, 6) is 0. The van der Waals surface area contributed by atoms with Gasteiger partial charge in [-0.1, -0.05) is 41.4 Å². The third kappa shape index (κ3) is 3.36. The zero-order valence-electron chi connectivity index (χ0n) is 9.77. The fourth-order valence-electron chi connectivity index (χ4n) is 1.69. The standard InChI is InChI=1S/C13H10Cl2N2O2/c14-10-4-1-3-9(7-10)8-16-12-6-2-5-11(15)13(12)17(18)19/h1-7,16H,8H2. The molecule has 0 aromatic heterocycles. The van der Waals surface area contributed by atoms with Crippen molar-refractivity contribution in [2.24, 2.45) is 0 Å². The summed E-state index contributed by atoms with van der Waals surface area (Å²) in [6.45, 7) is 0.432. The Morgan fingerprint density at radius 1 is 1.16 bits per heavy atom. The molecule has 2 aromatic carbocycles. The monoisotopic (exact) mass is 296 g/mol. The van der Waals surface area contributed by atoms with Crippen LogP contribution in [-0.2, 0) is 6.54 Å². The molecule has 6 heteroatoms. The quantitative estimate of drug-likeness (QED) is 0.667. The summed E-state index contributed by atoms with van der Waals surface area (Å²) < 4.78 is 0. The van der Waals surface area contributed by atoms with Crippen LogP contribution in [-0.4, -0.2) is 4.92 Å². The highest BCUT2D eigenvalue weighted by molar-refractivity contribution is 6.33. The average Bonchev–Trinajstić information content (AvgIpc) is 2.36. The van der Waals surface area contributed by atoms with Gasteiger partial charge in [0.05, 0.1) is 4.92 Å². The van der Waals surface area contributed by atoms with Gasteiger partial charge in [0, 0.05) is 11.6 Å². The highest BCUT2D eigenvalue weighted by Crippen LogP contribution is 2.32. The van der Waals surface area contributed by atoms with Gasteiger partial charge in [0.25, 0.3) is 0 Å². The van der Waals surface area contributed by atoms with Crippen LogP contribution in [0.15, 0.2) is 42.5 Å². The van der Waals surface area contributed by atoms with Crippen LogP contribution < -0.4 is 5.32 Å². The minimum atomic E-state index is -0.497. The lowest BCUT2D eigenvalue weighted by molar-refractivity contribution is -0.383. The fourth-order valence-corrected chi connectivity index (χ4v) is 2.14. The first-order valence-corrected chi connectivity index (χ1v) is 6.25. The van der Waals surface area contributed by atoms with E-state index in [4.69, 9.17) is 23.2 Å². The van der Waals surface area contributed by atoms with Gasteiger partial charge in [0.2, 0.25) is 0 Å². The molecule has 2 aromatic rings. The molecule has 0 spiro atoms. The van der Waals surface area contributed by atoms with Crippen LogP contribution in [0.2, 0.25) is 10.0 Å².